The van der Waals surface area contributed by atoms with E-state index in [4.69, 9.17) is 0 Å². The Hall–Kier alpha value is -2.13. The predicted octanol–water partition coefficient (Wildman–Crippen LogP) is 3.67. The maximum Gasteiger partial charge on any atom is 0.220 e. The van der Waals surface area contributed by atoms with Gasteiger partial charge in [-0.05, 0) is 54.4 Å². The van der Waals surface area contributed by atoms with Crippen molar-refractivity contribution in [1.82, 2.24) is 10.2 Å². The number of nitrogens with zero attached hydrogens (tertiary/aromatic N) is 1. The molecule has 1 heterocycles. The van der Waals surface area contributed by atoms with Crippen LogP contribution in [0.3, 0.4) is 0 Å². The fourth-order valence-electron chi connectivity index (χ4n) is 4.44. The smallest absolute Gasteiger partial charge is 0.220 e. The van der Waals surface area contributed by atoms with Crippen LogP contribution in [-0.4, -0.2) is 29.9 Å². The first-order chi connectivity index (χ1) is 12.7. The van der Waals surface area contributed by atoms with Gasteiger partial charge in [0.05, 0.1) is 0 Å². The lowest BCUT2D eigenvalue weighted by atomic mass is 9.97. The molecule has 2 atom stereocenters. The Morgan fingerprint density at radius 1 is 1.08 bits per heavy atom. The van der Waals surface area contributed by atoms with Crippen LogP contribution in [0.2, 0.25) is 0 Å². The molecular formula is C23H28N2O. The molecule has 1 aliphatic heterocycles. The lowest BCUT2D eigenvalue weighted by molar-refractivity contribution is -0.121. The molecule has 2 unspecified atom stereocenters. The average Bonchev–Trinajstić information content (AvgIpc) is 3.08. The third-order valence-corrected chi connectivity index (χ3v) is 6.07. The van der Waals surface area contributed by atoms with Gasteiger partial charge in [0.2, 0.25) is 5.91 Å². The van der Waals surface area contributed by atoms with Crippen molar-refractivity contribution in [2.45, 2.75) is 51.1 Å². The van der Waals surface area contributed by atoms with Crippen LogP contribution < -0.4 is 5.32 Å². The number of hydrogen-bond donors (Lipinski definition) is 1. The maximum absolute atomic E-state index is 12.5. The molecule has 26 heavy (non-hydrogen) atoms. The molecule has 2 aromatic carbocycles. The highest BCUT2D eigenvalue weighted by atomic mass is 16.1. The fourth-order valence-corrected chi connectivity index (χ4v) is 4.44. The monoisotopic (exact) mass is 348 g/mol. The van der Waals surface area contributed by atoms with Crippen LogP contribution in [-0.2, 0) is 24.2 Å². The van der Waals surface area contributed by atoms with E-state index in [1.54, 1.807) is 0 Å². The molecule has 0 fully saturated rings. The Bertz CT molecular complexity index is 785. The SMILES string of the molecule is CC(CNC(=O)CC1CCc2ccccc21)N1CCc2ccccc2C1. The van der Waals surface area contributed by atoms with Gasteiger partial charge in [-0.2, -0.15) is 0 Å². The second kappa shape index (κ2) is 7.63. The van der Waals surface area contributed by atoms with Crippen LogP contribution in [0.5, 0.6) is 0 Å². The van der Waals surface area contributed by atoms with E-state index in [2.05, 4.69) is 65.7 Å². The summed E-state index contributed by atoms with van der Waals surface area (Å²) in [6.45, 7) is 5.02. The Morgan fingerprint density at radius 2 is 1.81 bits per heavy atom. The zero-order valence-electron chi connectivity index (χ0n) is 15.6. The molecule has 0 aromatic heterocycles. The van der Waals surface area contributed by atoms with Gasteiger partial charge in [-0.3, -0.25) is 9.69 Å². The Kier molecular flexibility index (Phi) is 5.07. The molecule has 0 radical (unpaired) electrons. The minimum atomic E-state index is 0.191. The van der Waals surface area contributed by atoms with Crippen molar-refractivity contribution in [3.05, 3.63) is 70.8 Å². The summed E-state index contributed by atoms with van der Waals surface area (Å²) < 4.78 is 0. The van der Waals surface area contributed by atoms with Gasteiger partial charge in [-0.25, -0.2) is 0 Å². The number of amides is 1. The van der Waals surface area contributed by atoms with Crippen molar-refractivity contribution in [3.8, 4) is 0 Å². The molecular weight excluding hydrogens is 320 g/mol. The molecule has 136 valence electrons. The summed E-state index contributed by atoms with van der Waals surface area (Å²) in [6.07, 6.45) is 3.93. The standard InChI is InChI=1S/C23H28N2O/c1-17(25-13-12-18-6-2-3-8-21(18)16-25)15-24-23(26)14-20-11-10-19-7-4-5-9-22(19)20/h2-9,17,20H,10-16H2,1H3,(H,24,26). The molecule has 3 heteroatoms. The number of carbonyl (C=O) groups is 1. The van der Waals surface area contributed by atoms with E-state index in [0.717, 1.165) is 38.9 Å². The number of carbonyl (C=O) groups excluding carboxylic acids is 1. The molecule has 1 amide bonds. The predicted molar refractivity (Wildman–Crippen MR) is 105 cm³/mol. The van der Waals surface area contributed by atoms with Crippen molar-refractivity contribution in [2.75, 3.05) is 13.1 Å². The molecule has 0 saturated carbocycles. The molecule has 1 aliphatic carbocycles. The van der Waals surface area contributed by atoms with Crippen molar-refractivity contribution >= 4 is 5.91 Å². The maximum atomic E-state index is 12.5. The van der Waals surface area contributed by atoms with E-state index < -0.39 is 0 Å². The van der Waals surface area contributed by atoms with Crippen LogP contribution in [0.4, 0.5) is 0 Å². The summed E-state index contributed by atoms with van der Waals surface area (Å²) in [5, 5.41) is 3.18. The van der Waals surface area contributed by atoms with Crippen LogP contribution in [0.25, 0.3) is 0 Å². The summed E-state index contributed by atoms with van der Waals surface area (Å²) >= 11 is 0. The van der Waals surface area contributed by atoms with E-state index >= 15 is 0 Å². The number of fused-ring (bicyclic) bond motifs is 2. The van der Waals surface area contributed by atoms with E-state index in [1.807, 2.05) is 0 Å². The summed E-state index contributed by atoms with van der Waals surface area (Å²) in [7, 11) is 0. The topological polar surface area (TPSA) is 32.3 Å². The highest BCUT2D eigenvalue weighted by Crippen LogP contribution is 2.35. The van der Waals surface area contributed by atoms with Crippen molar-refractivity contribution < 1.29 is 4.79 Å². The van der Waals surface area contributed by atoms with Gasteiger partial charge >= 0.3 is 0 Å². The first-order valence-electron chi connectivity index (χ1n) is 9.86. The van der Waals surface area contributed by atoms with Gasteiger partial charge in [0.25, 0.3) is 0 Å². The number of benzene rings is 2. The minimum absolute atomic E-state index is 0.191. The van der Waals surface area contributed by atoms with Gasteiger partial charge in [0.15, 0.2) is 0 Å². The van der Waals surface area contributed by atoms with Crippen molar-refractivity contribution in [3.63, 3.8) is 0 Å². The summed E-state index contributed by atoms with van der Waals surface area (Å²) in [5.74, 6) is 0.583. The van der Waals surface area contributed by atoms with Gasteiger partial charge in [-0.15, -0.1) is 0 Å². The molecule has 2 aromatic rings. The normalized spacial score (nSPS) is 20.3. The largest absolute Gasteiger partial charge is 0.355 e. The van der Waals surface area contributed by atoms with Crippen LogP contribution in [0, 0.1) is 0 Å². The third kappa shape index (κ3) is 3.68. The first-order valence-corrected chi connectivity index (χ1v) is 9.86. The number of aryl methyl sites for hydroxylation is 1. The Morgan fingerprint density at radius 3 is 2.65 bits per heavy atom. The lowest BCUT2D eigenvalue weighted by Gasteiger charge is -2.33. The third-order valence-electron chi connectivity index (χ3n) is 6.07. The molecule has 0 saturated heterocycles. The van der Waals surface area contributed by atoms with E-state index in [0.29, 0.717) is 18.4 Å². The van der Waals surface area contributed by atoms with Gasteiger partial charge in [0, 0.05) is 32.1 Å². The highest BCUT2D eigenvalue weighted by molar-refractivity contribution is 5.77. The summed E-state index contributed by atoms with van der Waals surface area (Å²) in [5.41, 5.74) is 5.70. The zero-order chi connectivity index (χ0) is 17.9. The van der Waals surface area contributed by atoms with Crippen LogP contribution in [0.1, 0.15) is 47.9 Å². The zero-order valence-corrected chi connectivity index (χ0v) is 15.6. The molecule has 2 aliphatic rings. The van der Waals surface area contributed by atoms with Crippen molar-refractivity contribution in [1.29, 1.82) is 0 Å². The van der Waals surface area contributed by atoms with E-state index in [-0.39, 0.29) is 5.91 Å². The second-order valence-corrected chi connectivity index (χ2v) is 7.78. The molecule has 3 nitrogen and oxygen atoms in total. The molecule has 0 spiro atoms. The number of rotatable bonds is 5. The van der Waals surface area contributed by atoms with E-state index in [1.165, 1.54) is 22.3 Å². The minimum Gasteiger partial charge on any atom is -0.355 e. The van der Waals surface area contributed by atoms with Gasteiger partial charge < -0.3 is 5.32 Å². The highest BCUT2D eigenvalue weighted by Gasteiger charge is 2.25. The Labute approximate surface area is 156 Å². The van der Waals surface area contributed by atoms with Crippen LogP contribution >= 0.6 is 0 Å². The quantitative estimate of drug-likeness (QED) is 0.894. The van der Waals surface area contributed by atoms with Crippen LogP contribution in [0.15, 0.2) is 48.5 Å². The van der Waals surface area contributed by atoms with Crippen molar-refractivity contribution in [2.24, 2.45) is 0 Å². The molecule has 0 bridgehead atoms. The molecule has 1 N–H and O–H groups in total. The van der Waals surface area contributed by atoms with Gasteiger partial charge in [0.1, 0.15) is 0 Å². The van der Waals surface area contributed by atoms with E-state index in [9.17, 15) is 4.79 Å². The number of nitrogens with one attached hydrogen (secondary N) is 1. The Balaban J connectivity index is 1.27. The van der Waals surface area contributed by atoms with Gasteiger partial charge in [-0.1, -0.05) is 48.5 Å². The lowest BCUT2D eigenvalue weighted by Crippen LogP contribution is -2.44. The first kappa shape index (κ1) is 17.3. The second-order valence-electron chi connectivity index (χ2n) is 7.78. The molecule has 4 rings (SSSR count). The number of hydrogen-bond acceptors (Lipinski definition) is 2. The summed E-state index contributed by atoms with van der Waals surface area (Å²) in [6, 6.07) is 17.6. The summed E-state index contributed by atoms with van der Waals surface area (Å²) in [4.78, 5) is 14.9. The fraction of sp³-hybridized carbons (Fsp3) is 0.435. The average molecular weight is 348 g/mol.